The van der Waals surface area contributed by atoms with Crippen LogP contribution in [0.25, 0.3) is 11.2 Å². The Morgan fingerprint density at radius 2 is 2.00 bits per heavy atom. The Morgan fingerprint density at radius 3 is 2.70 bits per heavy atom. The van der Waals surface area contributed by atoms with E-state index in [-0.39, 0.29) is 10.8 Å². The minimum absolute atomic E-state index is 0.0780. The molecule has 2 aromatic heterocycles. The number of anilines is 2. The van der Waals surface area contributed by atoms with E-state index in [0.717, 1.165) is 0 Å². The maximum atomic E-state index is 10.8. The highest BCUT2D eigenvalue weighted by Crippen LogP contribution is 2.22. The first-order valence-electron chi connectivity index (χ1n) is 5.60. The molecular weight excluding hydrogens is 282 g/mol. The van der Waals surface area contributed by atoms with Gasteiger partial charge in [-0.15, -0.1) is 0 Å². The standard InChI is InChI=1S/C12H8ClN5O2/c13-12-17-9-8(14-5-15-9)10(18-12)16-7-3-1-6(2-4-7)11(19)20/h1-5H,(H,19,20)(H2,14,15,16,17,18). The van der Waals surface area contributed by atoms with E-state index in [2.05, 4.69) is 25.3 Å². The van der Waals surface area contributed by atoms with Crippen LogP contribution in [0.4, 0.5) is 11.5 Å². The predicted molar refractivity (Wildman–Crippen MR) is 73.4 cm³/mol. The summed E-state index contributed by atoms with van der Waals surface area (Å²) in [6.45, 7) is 0. The molecule has 0 aliphatic heterocycles. The van der Waals surface area contributed by atoms with E-state index in [0.29, 0.717) is 22.7 Å². The number of H-pyrrole nitrogens is 1. The molecule has 3 rings (SSSR count). The summed E-state index contributed by atoms with van der Waals surface area (Å²) in [6, 6.07) is 6.28. The van der Waals surface area contributed by atoms with Crippen molar-refractivity contribution in [1.29, 1.82) is 0 Å². The number of fused-ring (bicyclic) bond motifs is 1. The number of halogens is 1. The van der Waals surface area contributed by atoms with Crippen molar-refractivity contribution in [3.63, 3.8) is 0 Å². The topological polar surface area (TPSA) is 104 Å². The molecule has 0 unspecified atom stereocenters. The zero-order valence-electron chi connectivity index (χ0n) is 9.96. The van der Waals surface area contributed by atoms with Gasteiger partial charge in [-0.25, -0.2) is 9.78 Å². The number of aromatic amines is 1. The highest BCUT2D eigenvalue weighted by atomic mass is 35.5. The second-order valence-corrected chi connectivity index (χ2v) is 4.29. The number of carboxylic acids is 1. The van der Waals surface area contributed by atoms with Crippen molar-refractivity contribution in [2.24, 2.45) is 0 Å². The van der Waals surface area contributed by atoms with Crippen LogP contribution in [0.15, 0.2) is 30.6 Å². The Hall–Kier alpha value is -2.67. The average molecular weight is 290 g/mol. The van der Waals surface area contributed by atoms with Gasteiger partial charge in [-0.3, -0.25) is 0 Å². The lowest BCUT2D eigenvalue weighted by Gasteiger charge is -2.06. The summed E-state index contributed by atoms with van der Waals surface area (Å²) in [6.07, 6.45) is 1.49. The van der Waals surface area contributed by atoms with E-state index in [1.165, 1.54) is 18.5 Å². The fourth-order valence-electron chi connectivity index (χ4n) is 1.73. The molecule has 7 nitrogen and oxygen atoms in total. The van der Waals surface area contributed by atoms with E-state index in [9.17, 15) is 4.79 Å². The molecule has 3 N–H and O–H groups in total. The molecule has 0 saturated carbocycles. The zero-order valence-corrected chi connectivity index (χ0v) is 10.7. The lowest BCUT2D eigenvalue weighted by molar-refractivity contribution is 0.0697. The van der Waals surface area contributed by atoms with Crippen molar-refractivity contribution < 1.29 is 9.90 Å². The number of hydrogen-bond acceptors (Lipinski definition) is 5. The Balaban J connectivity index is 1.96. The van der Waals surface area contributed by atoms with Crippen molar-refractivity contribution >= 4 is 40.2 Å². The second-order valence-electron chi connectivity index (χ2n) is 3.95. The Morgan fingerprint density at radius 1 is 1.25 bits per heavy atom. The maximum absolute atomic E-state index is 10.8. The largest absolute Gasteiger partial charge is 0.478 e. The number of nitrogens with zero attached hydrogens (tertiary/aromatic N) is 3. The molecule has 0 radical (unpaired) electrons. The number of rotatable bonds is 3. The van der Waals surface area contributed by atoms with Crippen molar-refractivity contribution in [1.82, 2.24) is 19.9 Å². The molecule has 8 heteroatoms. The minimum atomic E-state index is -0.974. The fourth-order valence-corrected chi connectivity index (χ4v) is 1.89. The molecule has 0 spiro atoms. The summed E-state index contributed by atoms with van der Waals surface area (Å²) in [4.78, 5) is 25.8. The van der Waals surface area contributed by atoms with Crippen molar-refractivity contribution in [3.8, 4) is 0 Å². The first kappa shape index (κ1) is 12.4. The maximum Gasteiger partial charge on any atom is 0.335 e. The van der Waals surface area contributed by atoms with Crippen LogP contribution in [-0.4, -0.2) is 31.0 Å². The lowest BCUT2D eigenvalue weighted by Crippen LogP contribution is -1.99. The second kappa shape index (κ2) is 4.78. The molecule has 0 atom stereocenters. The first-order chi connectivity index (χ1) is 9.63. The van der Waals surface area contributed by atoms with Crippen LogP contribution >= 0.6 is 11.6 Å². The van der Waals surface area contributed by atoms with Gasteiger partial charge in [0.05, 0.1) is 11.9 Å². The summed E-state index contributed by atoms with van der Waals surface area (Å²) < 4.78 is 0. The van der Waals surface area contributed by atoms with Gasteiger partial charge in [-0.1, -0.05) is 0 Å². The highest BCUT2D eigenvalue weighted by Gasteiger charge is 2.09. The van der Waals surface area contributed by atoms with E-state index >= 15 is 0 Å². The van der Waals surface area contributed by atoms with Gasteiger partial charge < -0.3 is 15.4 Å². The van der Waals surface area contributed by atoms with Gasteiger partial charge >= 0.3 is 5.97 Å². The summed E-state index contributed by atoms with van der Waals surface area (Å²) in [5, 5.41) is 12.0. The van der Waals surface area contributed by atoms with Crippen LogP contribution in [0.3, 0.4) is 0 Å². The van der Waals surface area contributed by atoms with Crippen molar-refractivity contribution in [2.75, 3.05) is 5.32 Å². The molecule has 0 amide bonds. The first-order valence-corrected chi connectivity index (χ1v) is 5.98. The van der Waals surface area contributed by atoms with Gasteiger partial charge in [0.2, 0.25) is 5.28 Å². The number of aromatic nitrogens is 4. The number of hydrogen-bond donors (Lipinski definition) is 3. The van der Waals surface area contributed by atoms with Crippen LogP contribution in [0.1, 0.15) is 10.4 Å². The van der Waals surface area contributed by atoms with Crippen LogP contribution < -0.4 is 5.32 Å². The molecule has 0 aliphatic rings. The molecule has 0 aliphatic carbocycles. The van der Waals surface area contributed by atoms with Gasteiger partial charge in [0.15, 0.2) is 11.5 Å². The third-order valence-corrected chi connectivity index (χ3v) is 2.82. The smallest absolute Gasteiger partial charge is 0.335 e. The van der Waals surface area contributed by atoms with Gasteiger partial charge in [-0.2, -0.15) is 9.97 Å². The van der Waals surface area contributed by atoms with E-state index in [1.807, 2.05) is 0 Å². The summed E-state index contributed by atoms with van der Waals surface area (Å²) in [5.41, 5.74) is 1.97. The van der Waals surface area contributed by atoms with Crippen molar-refractivity contribution in [2.45, 2.75) is 0 Å². The zero-order chi connectivity index (χ0) is 14.1. The van der Waals surface area contributed by atoms with Gasteiger partial charge in [0, 0.05) is 5.69 Å². The number of imidazole rings is 1. The number of carbonyl (C=O) groups is 1. The molecule has 1 aromatic carbocycles. The average Bonchev–Trinajstić information content (AvgIpc) is 2.87. The highest BCUT2D eigenvalue weighted by molar-refractivity contribution is 6.28. The molecule has 0 saturated heterocycles. The molecule has 2 heterocycles. The normalized spacial score (nSPS) is 10.7. The third kappa shape index (κ3) is 2.26. The van der Waals surface area contributed by atoms with Gasteiger partial charge in [0.1, 0.15) is 5.52 Å². The summed E-state index contributed by atoms with van der Waals surface area (Å²) >= 11 is 5.82. The predicted octanol–water partition coefficient (Wildman–Crippen LogP) is 2.45. The van der Waals surface area contributed by atoms with Gasteiger partial charge in [-0.05, 0) is 35.9 Å². The molecule has 0 fully saturated rings. The number of carboxylic acid groups (broad SMARTS) is 1. The third-order valence-electron chi connectivity index (χ3n) is 2.65. The van der Waals surface area contributed by atoms with E-state index < -0.39 is 5.97 Å². The van der Waals surface area contributed by atoms with Crippen LogP contribution in [0.5, 0.6) is 0 Å². The fraction of sp³-hybridized carbons (Fsp3) is 0. The van der Waals surface area contributed by atoms with Crippen LogP contribution in [-0.2, 0) is 0 Å². The Labute approximate surface area is 117 Å². The SMILES string of the molecule is O=C(O)c1ccc(Nc2nc(Cl)nc3nc[nH]c23)cc1. The Bertz CT molecular complexity index is 784. The molecule has 20 heavy (non-hydrogen) atoms. The van der Waals surface area contributed by atoms with Gasteiger partial charge in [0.25, 0.3) is 0 Å². The molecule has 100 valence electrons. The minimum Gasteiger partial charge on any atom is -0.478 e. The van der Waals surface area contributed by atoms with E-state index in [1.54, 1.807) is 12.1 Å². The number of benzene rings is 1. The molecule has 3 aromatic rings. The monoisotopic (exact) mass is 289 g/mol. The van der Waals surface area contributed by atoms with Crippen LogP contribution in [0.2, 0.25) is 5.28 Å². The molecular formula is C12H8ClN5O2. The number of nitrogens with one attached hydrogen (secondary N) is 2. The quantitative estimate of drug-likeness (QED) is 0.640. The number of aromatic carboxylic acids is 1. The summed E-state index contributed by atoms with van der Waals surface area (Å²) in [5.74, 6) is -0.502. The van der Waals surface area contributed by atoms with E-state index in [4.69, 9.17) is 16.7 Å². The molecule has 0 bridgehead atoms. The van der Waals surface area contributed by atoms with Crippen molar-refractivity contribution in [3.05, 3.63) is 41.4 Å². The van der Waals surface area contributed by atoms with Crippen LogP contribution in [0, 0.1) is 0 Å². The lowest BCUT2D eigenvalue weighted by atomic mass is 10.2. The Kier molecular flexibility index (Phi) is 2.96. The summed E-state index contributed by atoms with van der Waals surface area (Å²) in [7, 11) is 0.